The third kappa shape index (κ3) is 3.39. The van der Waals surface area contributed by atoms with E-state index >= 15 is 0 Å². The van der Waals surface area contributed by atoms with E-state index in [1.807, 2.05) is 31.2 Å². The van der Waals surface area contributed by atoms with Crippen LogP contribution in [0, 0.1) is 0 Å². The third-order valence-corrected chi connectivity index (χ3v) is 7.81. The molecule has 0 spiro atoms. The molecule has 0 saturated carbocycles. The topological polar surface area (TPSA) is 93.9 Å². The molecule has 1 saturated heterocycles. The Morgan fingerprint density at radius 1 is 1.12 bits per heavy atom. The molecule has 3 heterocycles. The number of ether oxygens (including phenoxy) is 1. The fraction of sp³-hybridized carbons (Fsp3) is 0.333. The predicted octanol–water partition coefficient (Wildman–Crippen LogP) is 3.31. The van der Waals surface area contributed by atoms with Gasteiger partial charge in [-0.3, -0.25) is 9.59 Å². The van der Waals surface area contributed by atoms with Gasteiger partial charge in [0.25, 0.3) is 5.91 Å². The molecular weight excluding hydrogens is 430 g/mol. The molecule has 2 aliphatic rings. The third-order valence-electron chi connectivity index (χ3n) is 6.06. The smallest absolute Gasteiger partial charge is 0.291 e. The minimum atomic E-state index is -3.24. The molecule has 0 N–H and O–H groups in total. The second-order valence-electron chi connectivity index (χ2n) is 8.26. The molecule has 0 bridgehead atoms. The number of benzene rings is 2. The van der Waals surface area contributed by atoms with Gasteiger partial charge in [0.2, 0.25) is 5.76 Å². The van der Waals surface area contributed by atoms with Crippen LogP contribution < -0.4 is 10.2 Å². The van der Waals surface area contributed by atoms with Gasteiger partial charge in [-0.15, -0.1) is 0 Å². The number of nitrogens with zero attached hydrogens (tertiary/aromatic N) is 1. The van der Waals surface area contributed by atoms with E-state index in [4.69, 9.17) is 9.15 Å². The summed E-state index contributed by atoms with van der Waals surface area (Å²) in [5, 5.41) is 0.392. The number of carbonyl (C=O) groups is 1. The Kier molecular flexibility index (Phi) is 5.04. The van der Waals surface area contributed by atoms with E-state index in [1.165, 1.54) is 4.90 Å². The molecule has 0 radical (unpaired) electrons. The Morgan fingerprint density at radius 3 is 2.69 bits per heavy atom. The lowest BCUT2D eigenvalue weighted by atomic mass is 9.97. The van der Waals surface area contributed by atoms with Gasteiger partial charge in [-0.2, -0.15) is 0 Å². The van der Waals surface area contributed by atoms with Crippen molar-refractivity contribution in [3.63, 3.8) is 0 Å². The highest BCUT2D eigenvalue weighted by Crippen LogP contribution is 2.42. The van der Waals surface area contributed by atoms with Crippen LogP contribution in [-0.4, -0.2) is 43.4 Å². The highest BCUT2D eigenvalue weighted by Gasteiger charge is 2.48. The maximum Gasteiger partial charge on any atom is 0.291 e. The van der Waals surface area contributed by atoms with Crippen molar-refractivity contribution in [2.45, 2.75) is 31.8 Å². The van der Waals surface area contributed by atoms with E-state index in [9.17, 15) is 18.0 Å². The SMILES string of the molecule is CCCOc1cccc([C@@H]2c3c(oc4ccccc4c3=O)C(=O)N2[C@@H]2CCS(=O)(=O)C2)c1. The summed E-state index contributed by atoms with van der Waals surface area (Å²) in [6.45, 7) is 2.55. The lowest BCUT2D eigenvalue weighted by Gasteiger charge is -2.30. The summed E-state index contributed by atoms with van der Waals surface area (Å²) in [5.74, 6) is 0.0726. The molecule has 8 heteroatoms. The summed E-state index contributed by atoms with van der Waals surface area (Å²) in [5.41, 5.74) is 1.01. The normalized spacial score (nSPS) is 21.8. The zero-order valence-corrected chi connectivity index (χ0v) is 18.4. The molecule has 2 aliphatic heterocycles. The van der Waals surface area contributed by atoms with Gasteiger partial charge in [-0.25, -0.2) is 8.42 Å². The predicted molar refractivity (Wildman–Crippen MR) is 120 cm³/mol. The lowest BCUT2D eigenvalue weighted by molar-refractivity contribution is 0.0662. The molecule has 32 heavy (non-hydrogen) atoms. The molecular formula is C24H23NO6S. The minimum Gasteiger partial charge on any atom is -0.494 e. The molecule has 2 atom stereocenters. The Balaban J connectivity index is 1.70. The average molecular weight is 454 g/mol. The zero-order valence-electron chi connectivity index (χ0n) is 17.6. The van der Waals surface area contributed by atoms with E-state index in [0.717, 1.165) is 6.42 Å². The van der Waals surface area contributed by atoms with Crippen LogP contribution in [-0.2, 0) is 9.84 Å². The summed E-state index contributed by atoms with van der Waals surface area (Å²) in [4.78, 5) is 28.5. The number of amides is 1. The number of sulfone groups is 1. The van der Waals surface area contributed by atoms with Crippen LogP contribution >= 0.6 is 0 Å². The Morgan fingerprint density at radius 2 is 1.94 bits per heavy atom. The molecule has 1 amide bonds. The molecule has 5 rings (SSSR count). The number of hydrogen-bond acceptors (Lipinski definition) is 6. The maximum absolute atomic E-state index is 13.5. The van der Waals surface area contributed by atoms with E-state index in [0.29, 0.717) is 35.3 Å². The van der Waals surface area contributed by atoms with Gasteiger partial charge in [0.15, 0.2) is 15.3 Å². The number of rotatable bonds is 5. The second kappa shape index (κ2) is 7.78. The Bertz CT molecular complexity index is 1380. The van der Waals surface area contributed by atoms with Gasteiger partial charge in [0.1, 0.15) is 11.3 Å². The maximum atomic E-state index is 13.5. The standard InChI is InChI=1S/C24H23NO6S/c1-2-11-30-17-7-5-6-15(13-17)21-20-22(26)18-8-3-4-9-19(18)31-23(20)24(27)25(21)16-10-12-32(28,29)14-16/h3-9,13,16,21H,2,10-12,14H2,1H3/t16-,21-/m1/s1. The van der Waals surface area contributed by atoms with Gasteiger partial charge in [0, 0.05) is 6.04 Å². The first-order chi connectivity index (χ1) is 15.4. The van der Waals surface area contributed by atoms with Gasteiger partial charge < -0.3 is 14.1 Å². The first-order valence-electron chi connectivity index (χ1n) is 10.7. The molecule has 7 nitrogen and oxygen atoms in total. The first kappa shape index (κ1) is 20.8. The molecule has 1 aromatic heterocycles. The minimum absolute atomic E-state index is 0.0112. The van der Waals surface area contributed by atoms with Crippen molar-refractivity contribution in [3.05, 3.63) is 75.6 Å². The molecule has 0 aliphatic carbocycles. The summed E-state index contributed by atoms with van der Waals surface area (Å²) in [6.07, 6.45) is 1.18. The van der Waals surface area contributed by atoms with Crippen molar-refractivity contribution in [2.24, 2.45) is 0 Å². The van der Waals surface area contributed by atoms with Crippen molar-refractivity contribution in [1.82, 2.24) is 4.90 Å². The number of carbonyl (C=O) groups excluding carboxylic acids is 1. The van der Waals surface area contributed by atoms with Gasteiger partial charge in [-0.1, -0.05) is 31.2 Å². The van der Waals surface area contributed by atoms with Crippen molar-refractivity contribution in [2.75, 3.05) is 18.1 Å². The van der Waals surface area contributed by atoms with E-state index < -0.39 is 27.8 Å². The Labute approximate surface area is 185 Å². The van der Waals surface area contributed by atoms with Gasteiger partial charge >= 0.3 is 0 Å². The van der Waals surface area contributed by atoms with Crippen molar-refractivity contribution >= 4 is 26.7 Å². The molecule has 3 aromatic rings. The highest BCUT2D eigenvalue weighted by molar-refractivity contribution is 7.91. The van der Waals surface area contributed by atoms with Crippen molar-refractivity contribution in [3.8, 4) is 5.75 Å². The van der Waals surface area contributed by atoms with Gasteiger partial charge in [0.05, 0.1) is 35.1 Å². The van der Waals surface area contributed by atoms with Gasteiger partial charge in [-0.05, 0) is 42.7 Å². The van der Waals surface area contributed by atoms with E-state index in [-0.39, 0.29) is 28.3 Å². The lowest BCUT2D eigenvalue weighted by Crippen LogP contribution is -2.40. The quantitative estimate of drug-likeness (QED) is 0.588. The summed E-state index contributed by atoms with van der Waals surface area (Å²) >= 11 is 0. The Hall–Kier alpha value is -3.13. The van der Waals surface area contributed by atoms with Crippen LogP contribution in [0.5, 0.6) is 5.75 Å². The molecule has 0 unspecified atom stereocenters. The van der Waals surface area contributed by atoms with Crippen LogP contribution in [0.3, 0.4) is 0 Å². The summed E-state index contributed by atoms with van der Waals surface area (Å²) < 4.78 is 36.1. The highest BCUT2D eigenvalue weighted by atomic mass is 32.2. The molecule has 1 fully saturated rings. The monoisotopic (exact) mass is 453 g/mol. The average Bonchev–Trinajstić information content (AvgIpc) is 3.29. The van der Waals surface area contributed by atoms with Crippen molar-refractivity contribution < 1.29 is 22.4 Å². The number of hydrogen-bond donors (Lipinski definition) is 0. The van der Waals surface area contributed by atoms with Crippen LogP contribution in [0.1, 0.15) is 47.5 Å². The zero-order chi connectivity index (χ0) is 22.5. The summed E-state index contributed by atoms with van der Waals surface area (Å²) in [6, 6.07) is 12.8. The fourth-order valence-electron chi connectivity index (χ4n) is 4.63. The van der Waals surface area contributed by atoms with Crippen LogP contribution in [0.25, 0.3) is 11.0 Å². The fourth-order valence-corrected chi connectivity index (χ4v) is 6.34. The first-order valence-corrected chi connectivity index (χ1v) is 12.5. The molecule has 2 aromatic carbocycles. The van der Waals surface area contributed by atoms with Crippen LogP contribution in [0.2, 0.25) is 0 Å². The number of para-hydroxylation sites is 1. The van der Waals surface area contributed by atoms with E-state index in [1.54, 1.807) is 24.3 Å². The van der Waals surface area contributed by atoms with Crippen LogP contribution in [0.4, 0.5) is 0 Å². The molecule has 166 valence electrons. The van der Waals surface area contributed by atoms with Crippen molar-refractivity contribution in [1.29, 1.82) is 0 Å². The largest absolute Gasteiger partial charge is 0.494 e. The number of fused-ring (bicyclic) bond motifs is 2. The summed E-state index contributed by atoms with van der Waals surface area (Å²) in [7, 11) is -3.24. The van der Waals surface area contributed by atoms with Crippen LogP contribution in [0.15, 0.2) is 57.7 Å². The van der Waals surface area contributed by atoms with E-state index in [2.05, 4.69) is 0 Å². The second-order valence-corrected chi connectivity index (χ2v) is 10.5.